The zero-order valence-corrected chi connectivity index (χ0v) is 16.3. The van der Waals surface area contributed by atoms with Gasteiger partial charge in [-0.15, -0.1) is 0 Å². The SMILES string of the molecule is C/C=C(\C=NC)c1ccc(C(CNC)Oc2ccc(F)cc2)cc1.CC. The topological polar surface area (TPSA) is 33.6 Å². The number of allylic oxidation sites excluding steroid dienone is 2. The van der Waals surface area contributed by atoms with Crippen molar-refractivity contribution in [2.24, 2.45) is 4.99 Å². The summed E-state index contributed by atoms with van der Waals surface area (Å²) in [4.78, 5) is 4.07. The van der Waals surface area contributed by atoms with Gasteiger partial charge in [0.2, 0.25) is 0 Å². The molecule has 26 heavy (non-hydrogen) atoms. The van der Waals surface area contributed by atoms with E-state index in [1.54, 1.807) is 19.2 Å². The molecule has 1 N–H and O–H groups in total. The third-order valence-electron chi connectivity index (χ3n) is 3.68. The van der Waals surface area contributed by atoms with Crippen LogP contribution >= 0.6 is 0 Å². The molecular formula is C22H29FN2O. The quantitative estimate of drug-likeness (QED) is 0.683. The van der Waals surface area contributed by atoms with Crippen molar-refractivity contribution >= 4 is 11.8 Å². The number of rotatable bonds is 7. The zero-order chi connectivity index (χ0) is 19.4. The van der Waals surface area contributed by atoms with Gasteiger partial charge in [0.05, 0.1) is 0 Å². The molecule has 0 heterocycles. The minimum atomic E-state index is -0.270. The van der Waals surface area contributed by atoms with Crippen LogP contribution in [0.1, 0.15) is 38.0 Å². The van der Waals surface area contributed by atoms with E-state index in [1.807, 2.05) is 52.2 Å². The summed E-state index contributed by atoms with van der Waals surface area (Å²) in [5.74, 6) is 0.376. The zero-order valence-electron chi connectivity index (χ0n) is 16.3. The van der Waals surface area contributed by atoms with Gasteiger partial charge in [-0.1, -0.05) is 44.2 Å². The highest BCUT2D eigenvalue weighted by Gasteiger charge is 2.13. The molecule has 1 unspecified atom stereocenters. The number of nitrogens with zero attached hydrogens (tertiary/aromatic N) is 1. The van der Waals surface area contributed by atoms with Gasteiger partial charge in [0.25, 0.3) is 0 Å². The second-order valence-electron chi connectivity index (χ2n) is 5.37. The summed E-state index contributed by atoms with van der Waals surface area (Å²) >= 11 is 0. The first-order valence-corrected chi connectivity index (χ1v) is 8.93. The molecule has 3 nitrogen and oxygen atoms in total. The van der Waals surface area contributed by atoms with Crippen molar-refractivity contribution in [3.05, 3.63) is 71.6 Å². The fourth-order valence-corrected chi connectivity index (χ4v) is 2.44. The first-order chi connectivity index (χ1) is 12.7. The minimum Gasteiger partial charge on any atom is -0.484 e. The molecule has 2 rings (SSSR count). The molecule has 1 atom stereocenters. The first-order valence-electron chi connectivity index (χ1n) is 8.93. The second-order valence-corrected chi connectivity index (χ2v) is 5.37. The molecule has 0 radical (unpaired) electrons. The number of likely N-dealkylation sites (N-methyl/N-ethyl adjacent to an activating group) is 1. The maximum absolute atomic E-state index is 13.0. The highest BCUT2D eigenvalue weighted by Crippen LogP contribution is 2.23. The molecule has 4 heteroatoms. The van der Waals surface area contributed by atoms with Gasteiger partial charge in [-0.05, 0) is 54.9 Å². The Balaban J connectivity index is 0.00000163. The normalized spacial score (nSPS) is 12.5. The van der Waals surface area contributed by atoms with Crippen LogP contribution in [0.5, 0.6) is 5.75 Å². The summed E-state index contributed by atoms with van der Waals surface area (Å²) in [6, 6.07) is 14.3. The van der Waals surface area contributed by atoms with E-state index in [9.17, 15) is 4.39 Å². The van der Waals surface area contributed by atoms with Gasteiger partial charge in [0, 0.05) is 19.8 Å². The molecule has 2 aromatic carbocycles. The molecule has 0 aromatic heterocycles. The highest BCUT2D eigenvalue weighted by atomic mass is 19.1. The Morgan fingerprint density at radius 1 is 1.12 bits per heavy atom. The number of benzene rings is 2. The fourth-order valence-electron chi connectivity index (χ4n) is 2.44. The van der Waals surface area contributed by atoms with E-state index >= 15 is 0 Å². The Hall–Kier alpha value is -2.46. The summed E-state index contributed by atoms with van der Waals surface area (Å²) in [5, 5.41) is 3.14. The lowest BCUT2D eigenvalue weighted by Crippen LogP contribution is -2.22. The summed E-state index contributed by atoms with van der Waals surface area (Å²) in [6.45, 7) is 6.65. The van der Waals surface area contributed by atoms with Crippen molar-refractivity contribution in [2.45, 2.75) is 26.9 Å². The van der Waals surface area contributed by atoms with Crippen molar-refractivity contribution in [3.8, 4) is 5.75 Å². The Kier molecular flexibility index (Phi) is 9.95. The standard InChI is InChI=1S/C20H23FN2O.C2H6/c1-4-15(13-22-2)16-5-7-17(8-6-16)20(14-23-3)24-19-11-9-18(21)10-12-19;1-2/h4-13,20,23H,14H2,1-3H3;1-2H3/b15-4+,22-13?;. The van der Waals surface area contributed by atoms with E-state index in [-0.39, 0.29) is 11.9 Å². The van der Waals surface area contributed by atoms with Crippen LogP contribution in [0.25, 0.3) is 5.57 Å². The van der Waals surface area contributed by atoms with Gasteiger partial charge >= 0.3 is 0 Å². The molecule has 0 spiro atoms. The number of hydrogen-bond acceptors (Lipinski definition) is 3. The van der Waals surface area contributed by atoms with Crippen LogP contribution < -0.4 is 10.1 Å². The molecular weight excluding hydrogens is 327 g/mol. The van der Waals surface area contributed by atoms with Crippen LogP contribution in [-0.4, -0.2) is 26.9 Å². The number of nitrogens with one attached hydrogen (secondary N) is 1. The summed E-state index contributed by atoms with van der Waals surface area (Å²) < 4.78 is 19.0. The Bertz CT molecular complexity index is 691. The summed E-state index contributed by atoms with van der Waals surface area (Å²) in [6.07, 6.45) is 3.72. The number of aliphatic imine (C=N–C) groups is 1. The minimum absolute atomic E-state index is 0.150. The van der Waals surface area contributed by atoms with E-state index in [0.29, 0.717) is 12.3 Å². The number of halogens is 1. The summed E-state index contributed by atoms with van der Waals surface area (Å²) in [7, 11) is 3.64. The Labute approximate surface area is 156 Å². The fraction of sp³-hybridized carbons (Fsp3) is 0.318. The smallest absolute Gasteiger partial charge is 0.136 e. The van der Waals surface area contributed by atoms with Gasteiger partial charge in [-0.25, -0.2) is 4.39 Å². The van der Waals surface area contributed by atoms with Crippen molar-refractivity contribution < 1.29 is 9.13 Å². The Morgan fingerprint density at radius 2 is 1.73 bits per heavy atom. The van der Waals surface area contributed by atoms with Gasteiger partial charge < -0.3 is 10.1 Å². The molecule has 140 valence electrons. The van der Waals surface area contributed by atoms with Gasteiger partial charge in [0.1, 0.15) is 17.7 Å². The molecule has 2 aromatic rings. The Morgan fingerprint density at radius 3 is 2.23 bits per heavy atom. The largest absolute Gasteiger partial charge is 0.484 e. The van der Waals surface area contributed by atoms with E-state index in [0.717, 1.165) is 16.7 Å². The van der Waals surface area contributed by atoms with E-state index < -0.39 is 0 Å². The average molecular weight is 356 g/mol. The van der Waals surface area contributed by atoms with E-state index in [4.69, 9.17) is 4.74 Å². The molecule has 0 saturated heterocycles. The monoisotopic (exact) mass is 356 g/mol. The highest BCUT2D eigenvalue weighted by molar-refractivity contribution is 6.09. The van der Waals surface area contributed by atoms with E-state index in [2.05, 4.69) is 22.4 Å². The predicted molar refractivity (Wildman–Crippen MR) is 110 cm³/mol. The number of ether oxygens (including phenoxy) is 1. The molecule has 0 amide bonds. The second kappa shape index (κ2) is 12.0. The lowest BCUT2D eigenvalue weighted by molar-refractivity contribution is 0.204. The average Bonchev–Trinajstić information content (AvgIpc) is 2.69. The van der Waals surface area contributed by atoms with Crippen LogP contribution in [0.4, 0.5) is 4.39 Å². The van der Waals surface area contributed by atoms with Crippen molar-refractivity contribution in [1.82, 2.24) is 5.32 Å². The van der Waals surface area contributed by atoms with Crippen molar-refractivity contribution in [2.75, 3.05) is 20.6 Å². The van der Waals surface area contributed by atoms with Gasteiger partial charge in [-0.3, -0.25) is 4.99 Å². The third-order valence-corrected chi connectivity index (χ3v) is 3.68. The van der Waals surface area contributed by atoms with Crippen LogP contribution in [-0.2, 0) is 0 Å². The third kappa shape index (κ3) is 6.45. The molecule has 0 aliphatic carbocycles. The lowest BCUT2D eigenvalue weighted by atomic mass is 10.0. The molecule has 0 aliphatic heterocycles. The van der Waals surface area contributed by atoms with Crippen LogP contribution in [0.3, 0.4) is 0 Å². The lowest BCUT2D eigenvalue weighted by Gasteiger charge is -2.20. The maximum atomic E-state index is 13.0. The first kappa shape index (κ1) is 21.6. The predicted octanol–water partition coefficient (Wildman–Crippen LogP) is 5.30. The van der Waals surface area contributed by atoms with Crippen LogP contribution in [0.15, 0.2) is 59.6 Å². The van der Waals surface area contributed by atoms with Gasteiger partial charge in [0.15, 0.2) is 0 Å². The van der Waals surface area contributed by atoms with Crippen molar-refractivity contribution in [3.63, 3.8) is 0 Å². The van der Waals surface area contributed by atoms with Crippen molar-refractivity contribution in [1.29, 1.82) is 0 Å². The molecule has 0 saturated carbocycles. The van der Waals surface area contributed by atoms with Gasteiger partial charge in [-0.2, -0.15) is 0 Å². The molecule has 0 fully saturated rings. The molecule has 0 bridgehead atoms. The summed E-state index contributed by atoms with van der Waals surface area (Å²) in [5.41, 5.74) is 3.24. The molecule has 0 aliphatic rings. The number of hydrogen-bond donors (Lipinski definition) is 1. The van der Waals surface area contributed by atoms with E-state index in [1.165, 1.54) is 12.1 Å². The van der Waals surface area contributed by atoms with Crippen LogP contribution in [0.2, 0.25) is 0 Å². The van der Waals surface area contributed by atoms with Crippen LogP contribution in [0, 0.1) is 5.82 Å². The maximum Gasteiger partial charge on any atom is 0.136 e.